The van der Waals surface area contributed by atoms with Crippen LogP contribution >= 0.6 is 0 Å². The van der Waals surface area contributed by atoms with E-state index in [0.29, 0.717) is 28.5 Å². The number of hydrogen-bond donors (Lipinski definition) is 1. The van der Waals surface area contributed by atoms with Crippen LogP contribution in [0.1, 0.15) is 0 Å². The van der Waals surface area contributed by atoms with E-state index in [1.165, 1.54) is 31.4 Å². The highest BCUT2D eigenvalue weighted by atomic mass is 32.2. The van der Waals surface area contributed by atoms with Gasteiger partial charge >= 0.3 is 0 Å². The quantitative estimate of drug-likeness (QED) is 0.506. The number of carbonyl (C=O) groups is 1. The number of benzene rings is 3. The second-order valence-corrected chi connectivity index (χ2v) is 8.54. The highest BCUT2D eigenvalue weighted by Crippen LogP contribution is 2.26. The molecule has 0 bridgehead atoms. The lowest BCUT2D eigenvalue weighted by Crippen LogP contribution is -2.23. The van der Waals surface area contributed by atoms with Crippen LogP contribution < -0.4 is 10.1 Å². The number of hydrogen-bond acceptors (Lipinski definition) is 6. The van der Waals surface area contributed by atoms with Gasteiger partial charge in [-0.15, -0.1) is 0 Å². The molecular weight excluding hydrogens is 404 g/mol. The predicted octanol–water partition coefficient (Wildman–Crippen LogP) is 3.92. The number of nitrogens with one attached hydrogen (secondary N) is 1. The van der Waals surface area contributed by atoms with Crippen molar-refractivity contribution in [3.05, 3.63) is 72.8 Å². The Morgan fingerprint density at radius 2 is 1.80 bits per heavy atom. The average Bonchev–Trinajstić information content (AvgIpc) is 3.18. The Bertz CT molecular complexity index is 1280. The molecular formula is C22H18N2O5S. The van der Waals surface area contributed by atoms with Gasteiger partial charge in [-0.05, 0) is 54.6 Å². The van der Waals surface area contributed by atoms with Gasteiger partial charge in [-0.3, -0.25) is 4.79 Å². The third-order valence-electron chi connectivity index (χ3n) is 4.43. The van der Waals surface area contributed by atoms with Crippen molar-refractivity contribution in [3.63, 3.8) is 0 Å². The number of oxazole rings is 1. The fraction of sp³-hybridized carbons (Fsp3) is 0.0909. The van der Waals surface area contributed by atoms with Crippen LogP contribution in [0.4, 0.5) is 5.69 Å². The molecule has 1 amide bonds. The van der Waals surface area contributed by atoms with Gasteiger partial charge in [0.05, 0.1) is 12.0 Å². The molecule has 0 radical (unpaired) electrons. The predicted molar refractivity (Wildman–Crippen MR) is 113 cm³/mol. The van der Waals surface area contributed by atoms with Crippen LogP contribution in [0, 0.1) is 0 Å². The van der Waals surface area contributed by atoms with Crippen molar-refractivity contribution in [2.45, 2.75) is 4.90 Å². The number of para-hydroxylation sites is 2. The van der Waals surface area contributed by atoms with E-state index in [0.717, 1.165) is 5.52 Å². The number of carbonyl (C=O) groups excluding carboxylic acids is 1. The van der Waals surface area contributed by atoms with Gasteiger partial charge in [0, 0.05) is 11.3 Å². The maximum Gasteiger partial charge on any atom is 0.239 e. The number of rotatable bonds is 6. The molecule has 0 fully saturated rings. The summed E-state index contributed by atoms with van der Waals surface area (Å²) in [5.74, 6) is -0.361. The summed E-state index contributed by atoms with van der Waals surface area (Å²) >= 11 is 0. The average molecular weight is 422 g/mol. The minimum Gasteiger partial charge on any atom is -0.497 e. The number of aromatic nitrogens is 1. The maximum atomic E-state index is 12.5. The van der Waals surface area contributed by atoms with Crippen LogP contribution in [0.15, 0.2) is 82.1 Å². The summed E-state index contributed by atoms with van der Waals surface area (Å²) in [6, 6.07) is 20.2. The van der Waals surface area contributed by atoms with Gasteiger partial charge in [0.15, 0.2) is 15.4 Å². The molecule has 0 spiro atoms. The van der Waals surface area contributed by atoms with Crippen LogP contribution in [0.2, 0.25) is 0 Å². The topological polar surface area (TPSA) is 98.5 Å². The molecule has 4 rings (SSSR count). The molecule has 152 valence electrons. The third-order valence-corrected chi connectivity index (χ3v) is 6.06. The molecule has 0 atom stereocenters. The Morgan fingerprint density at radius 3 is 2.53 bits per heavy atom. The summed E-state index contributed by atoms with van der Waals surface area (Å²) in [6.07, 6.45) is 0. The van der Waals surface area contributed by atoms with Gasteiger partial charge < -0.3 is 14.5 Å². The highest BCUT2D eigenvalue weighted by molar-refractivity contribution is 7.92. The number of methoxy groups -OCH3 is 1. The summed E-state index contributed by atoms with van der Waals surface area (Å²) in [5.41, 5.74) is 2.51. The number of sulfone groups is 1. The minimum absolute atomic E-state index is 0.0543. The van der Waals surface area contributed by atoms with Crippen molar-refractivity contribution in [1.29, 1.82) is 0 Å². The van der Waals surface area contributed by atoms with Gasteiger partial charge in [0.25, 0.3) is 0 Å². The van der Waals surface area contributed by atoms with Crippen molar-refractivity contribution in [2.24, 2.45) is 0 Å². The van der Waals surface area contributed by atoms with Crippen molar-refractivity contribution < 1.29 is 22.4 Å². The van der Waals surface area contributed by atoms with E-state index < -0.39 is 21.5 Å². The van der Waals surface area contributed by atoms with Gasteiger partial charge in [-0.2, -0.15) is 0 Å². The van der Waals surface area contributed by atoms with Crippen LogP contribution in [0.5, 0.6) is 5.75 Å². The SMILES string of the molecule is COc1ccc(S(=O)(=O)CC(=O)Nc2cccc(-c3nc4ccccc4o3)c2)cc1. The smallest absolute Gasteiger partial charge is 0.239 e. The Morgan fingerprint density at radius 1 is 1.03 bits per heavy atom. The molecule has 4 aromatic rings. The zero-order chi connectivity index (χ0) is 21.1. The number of anilines is 1. The van der Waals surface area contributed by atoms with E-state index >= 15 is 0 Å². The van der Waals surface area contributed by atoms with Crippen molar-refractivity contribution in [1.82, 2.24) is 4.98 Å². The first-order valence-corrected chi connectivity index (χ1v) is 10.7. The monoisotopic (exact) mass is 422 g/mol. The molecule has 7 nitrogen and oxygen atoms in total. The summed E-state index contributed by atoms with van der Waals surface area (Å²) in [6.45, 7) is 0. The normalized spacial score (nSPS) is 11.4. The van der Waals surface area contributed by atoms with Gasteiger partial charge in [0.1, 0.15) is 17.0 Å². The first-order valence-electron chi connectivity index (χ1n) is 9.07. The van der Waals surface area contributed by atoms with Crippen LogP contribution in [0.25, 0.3) is 22.6 Å². The van der Waals surface area contributed by atoms with E-state index in [9.17, 15) is 13.2 Å². The molecule has 30 heavy (non-hydrogen) atoms. The number of nitrogens with zero attached hydrogens (tertiary/aromatic N) is 1. The Hall–Kier alpha value is -3.65. The molecule has 1 heterocycles. The van der Waals surface area contributed by atoms with Gasteiger partial charge in [-0.25, -0.2) is 13.4 Å². The van der Waals surface area contributed by atoms with E-state index in [4.69, 9.17) is 9.15 Å². The first kappa shape index (κ1) is 19.7. The Balaban J connectivity index is 1.50. The summed E-state index contributed by atoms with van der Waals surface area (Å²) in [5, 5.41) is 2.62. The largest absolute Gasteiger partial charge is 0.497 e. The lowest BCUT2D eigenvalue weighted by molar-refractivity contribution is -0.113. The summed E-state index contributed by atoms with van der Waals surface area (Å²) in [7, 11) is -2.29. The number of amides is 1. The Kier molecular flexibility index (Phi) is 5.24. The lowest BCUT2D eigenvalue weighted by atomic mass is 10.2. The van der Waals surface area contributed by atoms with Crippen molar-refractivity contribution in [3.8, 4) is 17.2 Å². The molecule has 3 aromatic carbocycles. The van der Waals surface area contributed by atoms with E-state index in [2.05, 4.69) is 10.3 Å². The molecule has 0 unspecified atom stereocenters. The van der Waals surface area contributed by atoms with Crippen molar-refractivity contribution in [2.75, 3.05) is 18.2 Å². The minimum atomic E-state index is -3.78. The third kappa shape index (κ3) is 4.18. The zero-order valence-corrected chi connectivity index (χ0v) is 16.8. The van der Waals surface area contributed by atoms with Crippen LogP contribution in [0.3, 0.4) is 0 Å². The number of fused-ring (bicyclic) bond motifs is 1. The second kappa shape index (κ2) is 8.00. The molecule has 0 aliphatic rings. The molecule has 8 heteroatoms. The summed E-state index contributed by atoms with van der Waals surface area (Å²) < 4.78 is 35.8. The lowest BCUT2D eigenvalue weighted by Gasteiger charge is -2.08. The molecule has 0 saturated carbocycles. The van der Waals surface area contributed by atoms with Gasteiger partial charge in [-0.1, -0.05) is 18.2 Å². The van der Waals surface area contributed by atoms with E-state index in [1.54, 1.807) is 24.3 Å². The number of ether oxygens (including phenoxy) is 1. The first-order chi connectivity index (χ1) is 14.4. The second-order valence-electron chi connectivity index (χ2n) is 6.55. The van der Waals surface area contributed by atoms with Crippen LogP contribution in [-0.2, 0) is 14.6 Å². The standard InChI is InChI=1S/C22H18N2O5S/c1-28-17-9-11-18(12-10-17)30(26,27)14-21(25)23-16-6-4-5-15(13-16)22-24-19-7-2-3-8-20(19)29-22/h2-13H,14H2,1H3,(H,23,25). The molecule has 0 aliphatic heterocycles. The molecule has 0 saturated heterocycles. The maximum absolute atomic E-state index is 12.5. The van der Waals surface area contributed by atoms with Gasteiger partial charge in [0.2, 0.25) is 11.8 Å². The fourth-order valence-electron chi connectivity index (χ4n) is 2.96. The van der Waals surface area contributed by atoms with Crippen molar-refractivity contribution >= 4 is 32.5 Å². The summed E-state index contributed by atoms with van der Waals surface area (Å²) in [4.78, 5) is 16.8. The molecule has 0 aliphatic carbocycles. The van der Waals surface area contributed by atoms with E-state index in [1.807, 2.05) is 24.3 Å². The van der Waals surface area contributed by atoms with E-state index in [-0.39, 0.29) is 4.90 Å². The molecule has 1 aromatic heterocycles. The Labute approximate surface area is 173 Å². The highest BCUT2D eigenvalue weighted by Gasteiger charge is 2.20. The zero-order valence-electron chi connectivity index (χ0n) is 16.0. The van der Waals surface area contributed by atoms with Crippen LogP contribution in [-0.4, -0.2) is 32.2 Å². The fourth-order valence-corrected chi connectivity index (χ4v) is 4.10. The molecule has 1 N–H and O–H groups in total.